The van der Waals surface area contributed by atoms with Gasteiger partial charge in [-0.1, -0.05) is 40.2 Å². The predicted molar refractivity (Wildman–Crippen MR) is 185 cm³/mol. The normalized spacial score (nSPS) is 22.4. The van der Waals surface area contributed by atoms with Gasteiger partial charge in [-0.2, -0.15) is 0 Å². The Morgan fingerprint density at radius 3 is 2.47 bits per heavy atom. The van der Waals surface area contributed by atoms with Crippen LogP contribution in [0.4, 0.5) is 17.1 Å². The number of aromatic hydroxyl groups is 1. The fourth-order valence-electron chi connectivity index (χ4n) is 7.20. The molecule has 3 N–H and O–H groups in total. The molecule has 1 aromatic heterocycles. The van der Waals surface area contributed by atoms with Gasteiger partial charge in [-0.05, 0) is 109 Å². The van der Waals surface area contributed by atoms with Crippen LogP contribution in [-0.4, -0.2) is 46.3 Å². The van der Waals surface area contributed by atoms with Crippen molar-refractivity contribution in [2.24, 2.45) is 17.8 Å². The van der Waals surface area contributed by atoms with E-state index < -0.39 is 11.8 Å². The Kier molecular flexibility index (Phi) is 8.77. The highest BCUT2D eigenvalue weighted by atomic mass is 79.9. The first-order chi connectivity index (χ1) is 22.9. The number of phenols is 1. The van der Waals surface area contributed by atoms with Gasteiger partial charge in [0.25, 0.3) is 0 Å². The highest BCUT2D eigenvalue weighted by Crippen LogP contribution is 2.50. The fraction of sp³-hybridized carbons (Fsp3) is 0.237. The van der Waals surface area contributed by atoms with Crippen molar-refractivity contribution in [2.75, 3.05) is 23.4 Å². The van der Waals surface area contributed by atoms with Crippen LogP contribution in [0.15, 0.2) is 113 Å². The molecule has 0 bridgehead atoms. The van der Waals surface area contributed by atoms with E-state index in [1.54, 1.807) is 30.5 Å². The number of carbonyl (C=O) groups is 2. The number of para-hydroxylation sites is 1. The summed E-state index contributed by atoms with van der Waals surface area (Å²) in [6, 6.07) is 28.1. The van der Waals surface area contributed by atoms with Crippen LogP contribution >= 0.6 is 15.9 Å². The Labute approximate surface area is 281 Å². The maximum absolute atomic E-state index is 14.0. The lowest BCUT2D eigenvalue weighted by atomic mass is 9.69. The van der Waals surface area contributed by atoms with E-state index in [-0.39, 0.29) is 36.2 Å². The molecule has 0 radical (unpaired) electrons. The van der Waals surface area contributed by atoms with Gasteiger partial charge in [-0.15, -0.1) is 0 Å². The van der Waals surface area contributed by atoms with Crippen molar-refractivity contribution in [3.8, 4) is 5.75 Å². The lowest BCUT2D eigenvalue weighted by molar-refractivity contribution is -0.122. The van der Waals surface area contributed by atoms with Crippen molar-refractivity contribution >= 4 is 56.5 Å². The molecule has 9 heteroatoms. The largest absolute Gasteiger partial charge is 0.507 e. The molecular weight excluding hydrogens is 658 g/mol. The van der Waals surface area contributed by atoms with Gasteiger partial charge in [0, 0.05) is 33.5 Å². The molecule has 8 nitrogen and oxygen atoms in total. The van der Waals surface area contributed by atoms with E-state index in [1.165, 1.54) is 4.90 Å². The molecule has 238 valence electrons. The number of hydrogen-bond donors (Lipinski definition) is 3. The van der Waals surface area contributed by atoms with Crippen LogP contribution in [0.25, 0.3) is 11.6 Å². The molecule has 7 rings (SSSR count). The second kappa shape index (κ2) is 13.3. The Morgan fingerprint density at radius 1 is 0.957 bits per heavy atom. The molecule has 2 aliphatic heterocycles. The van der Waals surface area contributed by atoms with Gasteiger partial charge in [-0.3, -0.25) is 19.5 Å². The monoisotopic (exact) mass is 691 g/mol. The van der Waals surface area contributed by atoms with Gasteiger partial charge in [0.05, 0.1) is 42.5 Å². The van der Waals surface area contributed by atoms with E-state index in [1.807, 2.05) is 72.8 Å². The Hall–Kier alpha value is -4.57. The molecule has 2 amide bonds. The summed E-state index contributed by atoms with van der Waals surface area (Å²) in [5.41, 5.74) is 6.45. The third-order valence-electron chi connectivity index (χ3n) is 9.38. The highest BCUT2D eigenvalue weighted by molar-refractivity contribution is 9.10. The molecule has 0 spiro atoms. The molecule has 2 saturated heterocycles. The number of fused-ring (bicyclic) bond motifs is 3. The molecule has 1 aliphatic carbocycles. The number of pyridine rings is 1. The van der Waals surface area contributed by atoms with Crippen LogP contribution in [0.1, 0.15) is 30.5 Å². The van der Waals surface area contributed by atoms with Crippen molar-refractivity contribution in [3.05, 3.63) is 124 Å². The van der Waals surface area contributed by atoms with Gasteiger partial charge in [0.2, 0.25) is 11.8 Å². The third kappa shape index (κ3) is 6.14. The van der Waals surface area contributed by atoms with Crippen molar-refractivity contribution < 1.29 is 24.5 Å². The molecule has 0 saturated carbocycles. The van der Waals surface area contributed by atoms with Gasteiger partial charge < -0.3 is 20.3 Å². The van der Waals surface area contributed by atoms with Gasteiger partial charge in [0.15, 0.2) is 0 Å². The standard InChI is InChI=1S/C38H34BrN3O5/c39-26-10-15-33(44)24(19-26)18-23(32-8-4-5-17-40-32)9-16-34-35-25(21-43)20-30-36(31(35)22-47-34)38(46)42(37(30)45)29-13-11-28(12-14-29)41-27-6-2-1-3-7-27/h1-8,10-15,17-19,30-31,34,36,41,43-44H,9,16,20-22H2/b23-18-/t30-,31+,34-,36-/m1/s1. The van der Waals surface area contributed by atoms with E-state index >= 15 is 0 Å². The minimum absolute atomic E-state index is 0.165. The summed E-state index contributed by atoms with van der Waals surface area (Å²) in [7, 11) is 0. The number of rotatable bonds is 9. The van der Waals surface area contributed by atoms with Gasteiger partial charge in [-0.25, -0.2) is 0 Å². The summed E-state index contributed by atoms with van der Waals surface area (Å²) in [6.07, 6.45) is 4.86. The zero-order chi connectivity index (χ0) is 32.5. The minimum Gasteiger partial charge on any atom is -0.507 e. The fourth-order valence-corrected chi connectivity index (χ4v) is 7.58. The third-order valence-corrected chi connectivity index (χ3v) is 9.87. The number of nitrogens with one attached hydrogen (secondary N) is 1. The molecule has 0 unspecified atom stereocenters. The topological polar surface area (TPSA) is 112 Å². The summed E-state index contributed by atoms with van der Waals surface area (Å²) < 4.78 is 7.20. The number of ether oxygens (including phenoxy) is 1. The zero-order valence-corrected chi connectivity index (χ0v) is 27.1. The van der Waals surface area contributed by atoms with Gasteiger partial charge in [0.1, 0.15) is 5.75 Å². The highest BCUT2D eigenvalue weighted by Gasteiger charge is 2.57. The summed E-state index contributed by atoms with van der Waals surface area (Å²) in [5.74, 6) is -1.63. The minimum atomic E-state index is -0.538. The number of phenolic OH excluding ortho intramolecular Hbond substituents is 1. The van der Waals surface area contributed by atoms with E-state index in [4.69, 9.17) is 4.74 Å². The maximum Gasteiger partial charge on any atom is 0.238 e. The molecule has 3 aromatic carbocycles. The summed E-state index contributed by atoms with van der Waals surface area (Å²) in [4.78, 5) is 33.6. The number of imide groups is 1. The van der Waals surface area contributed by atoms with E-state index in [0.717, 1.165) is 38.3 Å². The number of aromatic nitrogens is 1. The first-order valence-corrected chi connectivity index (χ1v) is 16.5. The second-order valence-electron chi connectivity index (χ2n) is 12.2. The van der Waals surface area contributed by atoms with E-state index in [2.05, 4.69) is 26.2 Å². The Balaban J connectivity index is 1.11. The number of nitrogens with zero attached hydrogens (tertiary/aromatic N) is 2. The van der Waals surface area contributed by atoms with Crippen LogP contribution in [0.3, 0.4) is 0 Å². The SMILES string of the molecule is O=C1[C@@H]2[C@@H](CC(CO)=C3[C@@H](CC/C(=C/c4cc(Br)ccc4O)c4ccccn4)OC[C@@H]32)C(=O)N1c1ccc(Nc2ccccc2)cc1. The number of benzene rings is 3. The summed E-state index contributed by atoms with van der Waals surface area (Å²) >= 11 is 3.49. The number of aliphatic hydroxyl groups excluding tert-OH is 1. The zero-order valence-electron chi connectivity index (χ0n) is 25.6. The molecule has 2 fully saturated rings. The average Bonchev–Trinajstić information content (AvgIpc) is 3.63. The van der Waals surface area contributed by atoms with Crippen molar-refractivity contribution in [1.82, 2.24) is 4.98 Å². The average molecular weight is 693 g/mol. The first-order valence-electron chi connectivity index (χ1n) is 15.8. The Morgan fingerprint density at radius 2 is 1.72 bits per heavy atom. The number of carbonyl (C=O) groups excluding carboxylic acids is 2. The summed E-state index contributed by atoms with van der Waals surface area (Å²) in [5, 5.41) is 24.3. The quantitative estimate of drug-likeness (QED) is 0.127. The molecule has 4 aromatic rings. The molecule has 4 atom stereocenters. The number of halogens is 1. The van der Waals surface area contributed by atoms with E-state index in [0.29, 0.717) is 37.1 Å². The van der Waals surface area contributed by atoms with Crippen LogP contribution in [-0.2, 0) is 14.3 Å². The number of allylic oxidation sites excluding steroid dienone is 1. The van der Waals surface area contributed by atoms with Crippen molar-refractivity contribution in [2.45, 2.75) is 25.4 Å². The van der Waals surface area contributed by atoms with Crippen molar-refractivity contribution in [1.29, 1.82) is 0 Å². The smallest absolute Gasteiger partial charge is 0.238 e. The molecule has 3 heterocycles. The Bertz CT molecular complexity index is 1860. The van der Waals surface area contributed by atoms with Crippen LogP contribution in [0.2, 0.25) is 0 Å². The number of amides is 2. The lowest BCUT2D eigenvalue weighted by Gasteiger charge is -2.31. The van der Waals surface area contributed by atoms with Gasteiger partial charge >= 0.3 is 0 Å². The molecule has 3 aliphatic rings. The molecular formula is C38H34BrN3O5. The van der Waals surface area contributed by atoms with Crippen LogP contribution < -0.4 is 10.2 Å². The number of aliphatic hydroxyl groups is 1. The first kappa shape index (κ1) is 31.1. The number of hydrogen-bond acceptors (Lipinski definition) is 7. The van der Waals surface area contributed by atoms with Crippen LogP contribution in [0, 0.1) is 17.8 Å². The number of anilines is 3. The summed E-state index contributed by atoms with van der Waals surface area (Å²) in [6.45, 7) is 0.123. The van der Waals surface area contributed by atoms with Crippen LogP contribution in [0.5, 0.6) is 5.75 Å². The predicted octanol–water partition coefficient (Wildman–Crippen LogP) is 7.13. The second-order valence-corrected chi connectivity index (χ2v) is 13.1. The lowest BCUT2D eigenvalue weighted by Crippen LogP contribution is -2.35. The maximum atomic E-state index is 14.0. The van der Waals surface area contributed by atoms with E-state index in [9.17, 15) is 19.8 Å². The molecule has 47 heavy (non-hydrogen) atoms. The van der Waals surface area contributed by atoms with Crippen molar-refractivity contribution in [3.63, 3.8) is 0 Å².